The third-order valence-electron chi connectivity index (χ3n) is 2.12. The average Bonchev–Trinajstić information content (AvgIpc) is 2.29. The van der Waals surface area contributed by atoms with Crippen molar-refractivity contribution in [3.05, 3.63) is 11.8 Å². The summed E-state index contributed by atoms with van der Waals surface area (Å²) in [6.45, 7) is 5.50. The molecule has 0 N–H and O–H groups in total. The molecule has 0 radical (unpaired) electrons. The largest absolute Gasteiger partial charge is 0.462 e. The Balaban J connectivity index is 5.30. The van der Waals surface area contributed by atoms with Crippen LogP contribution < -0.4 is 0 Å². The van der Waals surface area contributed by atoms with Gasteiger partial charge in [-0.15, -0.1) is 0 Å². The monoisotopic (exact) mass is 267 g/mol. The number of hydrogen-bond acceptors (Lipinski definition) is 4. The van der Waals surface area contributed by atoms with Gasteiger partial charge in [0, 0.05) is 19.3 Å². The van der Waals surface area contributed by atoms with Crippen molar-refractivity contribution in [2.45, 2.75) is 26.9 Å². The van der Waals surface area contributed by atoms with E-state index in [1.165, 1.54) is 11.8 Å². The molecule has 0 aliphatic heterocycles. The van der Waals surface area contributed by atoms with Crippen LogP contribution in [0.3, 0.4) is 0 Å². The number of esters is 1. The molecule has 18 heavy (non-hydrogen) atoms. The van der Waals surface area contributed by atoms with Gasteiger partial charge < -0.3 is 9.64 Å². The summed E-state index contributed by atoms with van der Waals surface area (Å²) in [6, 6.07) is 0. The van der Waals surface area contributed by atoms with Gasteiger partial charge in [0.1, 0.15) is 5.57 Å². The minimum atomic E-state index is -5.09. The number of nitrogens with zero attached hydrogens (tertiary/aromatic N) is 1. The van der Waals surface area contributed by atoms with E-state index < -0.39 is 23.5 Å². The standard InChI is InChI=1S/C11H16F3NO3/c1-4-15(5-2)7-8(10(17)18-6-3)9(16)11(12,13)14/h7H,4-6H2,1-3H3/b8-7-. The van der Waals surface area contributed by atoms with Crippen LogP contribution >= 0.6 is 0 Å². The molecule has 0 atom stereocenters. The molecule has 0 aromatic rings. The third-order valence-corrected chi connectivity index (χ3v) is 2.12. The van der Waals surface area contributed by atoms with Crippen molar-refractivity contribution in [2.24, 2.45) is 0 Å². The Labute approximate surface area is 103 Å². The fourth-order valence-electron chi connectivity index (χ4n) is 1.15. The Bertz CT molecular complexity index is 333. The summed E-state index contributed by atoms with van der Waals surface area (Å²) < 4.78 is 41.5. The van der Waals surface area contributed by atoms with E-state index in [0.29, 0.717) is 13.1 Å². The predicted molar refractivity (Wildman–Crippen MR) is 58.7 cm³/mol. The van der Waals surface area contributed by atoms with Crippen LogP contribution in [0.5, 0.6) is 0 Å². The lowest BCUT2D eigenvalue weighted by molar-refractivity contribution is -0.168. The molecule has 4 nitrogen and oxygen atoms in total. The molecule has 7 heteroatoms. The van der Waals surface area contributed by atoms with E-state index in [9.17, 15) is 22.8 Å². The van der Waals surface area contributed by atoms with Gasteiger partial charge in [-0.3, -0.25) is 4.79 Å². The Morgan fingerprint density at radius 2 is 1.67 bits per heavy atom. The van der Waals surface area contributed by atoms with Crippen LogP contribution in [0.1, 0.15) is 20.8 Å². The van der Waals surface area contributed by atoms with E-state index in [2.05, 4.69) is 4.74 Å². The summed E-state index contributed by atoms with van der Waals surface area (Å²) in [5.74, 6) is -3.44. The normalized spacial score (nSPS) is 12.2. The molecule has 0 aliphatic carbocycles. The first-order valence-electron chi connectivity index (χ1n) is 5.52. The second kappa shape index (κ2) is 7.03. The number of hydrogen-bond donors (Lipinski definition) is 0. The summed E-state index contributed by atoms with van der Waals surface area (Å²) in [5.41, 5.74) is -0.993. The highest BCUT2D eigenvalue weighted by Gasteiger charge is 2.43. The van der Waals surface area contributed by atoms with Crippen molar-refractivity contribution < 1.29 is 27.5 Å². The van der Waals surface area contributed by atoms with E-state index in [-0.39, 0.29) is 6.61 Å². The zero-order valence-corrected chi connectivity index (χ0v) is 10.5. The van der Waals surface area contributed by atoms with Gasteiger partial charge in [0.15, 0.2) is 0 Å². The van der Waals surface area contributed by atoms with Crippen LogP contribution in [0, 0.1) is 0 Å². The van der Waals surface area contributed by atoms with E-state index in [0.717, 1.165) is 6.20 Å². The Kier molecular flexibility index (Phi) is 6.43. The van der Waals surface area contributed by atoms with Crippen molar-refractivity contribution in [2.75, 3.05) is 19.7 Å². The third kappa shape index (κ3) is 4.77. The second-order valence-corrected chi connectivity index (χ2v) is 3.31. The summed E-state index contributed by atoms with van der Waals surface area (Å²) in [4.78, 5) is 23.9. The molecule has 0 bridgehead atoms. The van der Waals surface area contributed by atoms with Crippen molar-refractivity contribution in [3.63, 3.8) is 0 Å². The lowest BCUT2D eigenvalue weighted by atomic mass is 10.1. The minimum absolute atomic E-state index is 0.0977. The highest BCUT2D eigenvalue weighted by molar-refractivity contribution is 6.19. The predicted octanol–water partition coefficient (Wildman–Crippen LogP) is 1.91. The first kappa shape index (κ1) is 16.5. The maximum atomic E-state index is 12.3. The summed E-state index contributed by atoms with van der Waals surface area (Å²) in [5, 5.41) is 0. The lowest BCUT2D eigenvalue weighted by Gasteiger charge is -2.17. The van der Waals surface area contributed by atoms with Gasteiger partial charge in [0.2, 0.25) is 0 Å². The van der Waals surface area contributed by atoms with Crippen LogP contribution in [0.2, 0.25) is 0 Å². The number of alkyl halides is 3. The number of halogens is 3. The SMILES string of the molecule is CCOC(=O)/C(=C\N(CC)CC)C(=O)C(F)(F)F. The van der Waals surface area contributed by atoms with Gasteiger partial charge in [0.05, 0.1) is 6.61 Å². The Morgan fingerprint density at radius 1 is 1.17 bits per heavy atom. The molecule has 0 amide bonds. The van der Waals surface area contributed by atoms with Crippen molar-refractivity contribution in [1.82, 2.24) is 4.90 Å². The zero-order chi connectivity index (χ0) is 14.3. The molecule has 104 valence electrons. The van der Waals surface area contributed by atoms with Gasteiger partial charge in [-0.1, -0.05) is 0 Å². The molecule has 0 aliphatic rings. The van der Waals surface area contributed by atoms with Crippen molar-refractivity contribution in [1.29, 1.82) is 0 Å². The smallest absolute Gasteiger partial charge is 0.455 e. The van der Waals surface area contributed by atoms with Crippen LogP contribution in [-0.4, -0.2) is 42.5 Å². The number of Topliss-reactive ketones (excluding diaryl/α,β-unsaturated/α-hetero) is 1. The van der Waals surface area contributed by atoms with Crippen LogP contribution in [0.15, 0.2) is 11.8 Å². The zero-order valence-electron chi connectivity index (χ0n) is 10.5. The number of carbonyl (C=O) groups excluding carboxylic acids is 2. The van der Waals surface area contributed by atoms with E-state index >= 15 is 0 Å². The van der Waals surface area contributed by atoms with E-state index in [1.54, 1.807) is 13.8 Å². The molecule has 0 unspecified atom stereocenters. The van der Waals surface area contributed by atoms with Gasteiger partial charge in [0.25, 0.3) is 5.78 Å². The summed E-state index contributed by atoms with van der Waals surface area (Å²) in [6.07, 6.45) is -4.19. The molecule has 0 aromatic carbocycles. The molecule has 0 saturated heterocycles. The van der Waals surface area contributed by atoms with E-state index in [1.807, 2.05) is 0 Å². The number of ketones is 1. The van der Waals surface area contributed by atoms with Crippen LogP contribution in [0.4, 0.5) is 13.2 Å². The summed E-state index contributed by atoms with van der Waals surface area (Å²) in [7, 11) is 0. The maximum absolute atomic E-state index is 12.3. The lowest BCUT2D eigenvalue weighted by Crippen LogP contribution is -2.31. The van der Waals surface area contributed by atoms with Crippen LogP contribution in [0.25, 0.3) is 0 Å². The topological polar surface area (TPSA) is 46.6 Å². The molecule has 0 spiro atoms. The molecule has 0 aromatic heterocycles. The number of rotatable bonds is 6. The summed E-state index contributed by atoms with van der Waals surface area (Å²) >= 11 is 0. The van der Waals surface area contributed by atoms with Gasteiger partial charge in [-0.05, 0) is 20.8 Å². The highest BCUT2D eigenvalue weighted by atomic mass is 19.4. The number of ether oxygens (including phenoxy) is 1. The maximum Gasteiger partial charge on any atom is 0.455 e. The van der Waals surface area contributed by atoms with Gasteiger partial charge >= 0.3 is 12.1 Å². The molecular weight excluding hydrogens is 251 g/mol. The highest BCUT2D eigenvalue weighted by Crippen LogP contribution is 2.21. The molecule has 0 rings (SSSR count). The first-order valence-corrected chi connectivity index (χ1v) is 5.52. The molecule has 0 heterocycles. The van der Waals surface area contributed by atoms with Gasteiger partial charge in [-0.25, -0.2) is 4.79 Å². The average molecular weight is 267 g/mol. The van der Waals surface area contributed by atoms with Crippen molar-refractivity contribution >= 4 is 11.8 Å². The fourth-order valence-corrected chi connectivity index (χ4v) is 1.15. The van der Waals surface area contributed by atoms with Gasteiger partial charge in [-0.2, -0.15) is 13.2 Å². The van der Waals surface area contributed by atoms with Crippen LogP contribution in [-0.2, 0) is 14.3 Å². The first-order chi connectivity index (χ1) is 8.27. The molecule has 0 fully saturated rings. The molecule has 0 saturated carbocycles. The Hall–Kier alpha value is -1.53. The fraction of sp³-hybridized carbons (Fsp3) is 0.636. The molecular formula is C11H16F3NO3. The van der Waals surface area contributed by atoms with E-state index in [4.69, 9.17) is 0 Å². The second-order valence-electron chi connectivity index (χ2n) is 3.31. The quantitative estimate of drug-likeness (QED) is 0.319. The Morgan fingerprint density at radius 3 is 2.00 bits per heavy atom. The minimum Gasteiger partial charge on any atom is -0.462 e. The number of carbonyl (C=O) groups is 2. The van der Waals surface area contributed by atoms with Crippen molar-refractivity contribution in [3.8, 4) is 0 Å².